The lowest BCUT2D eigenvalue weighted by Gasteiger charge is -2.35. The molecular formula is C91H104F3N21O16S2. The number of imidazole rings is 2. The van der Waals surface area contributed by atoms with E-state index in [1.54, 1.807) is 92.6 Å². The molecule has 702 valence electrons. The van der Waals surface area contributed by atoms with Crippen molar-refractivity contribution in [1.29, 1.82) is 0 Å². The maximum absolute atomic E-state index is 15.9. The molecular weight excluding hydrogens is 1760 g/mol. The van der Waals surface area contributed by atoms with Crippen LogP contribution in [-0.2, 0) is 52.0 Å². The molecule has 6 aromatic carbocycles. The summed E-state index contributed by atoms with van der Waals surface area (Å²) >= 11 is 0. The van der Waals surface area contributed by atoms with Crippen molar-refractivity contribution in [1.82, 2.24) is 73.9 Å². The maximum Gasteiger partial charge on any atom is 0.414 e. The number of benzene rings is 6. The molecule has 42 heteroatoms. The van der Waals surface area contributed by atoms with Gasteiger partial charge in [-0.15, -0.1) is 0 Å². The summed E-state index contributed by atoms with van der Waals surface area (Å²) in [5.74, 6) is 1.05. The number of anilines is 6. The molecule has 4 fully saturated rings. The number of piperazine rings is 2. The number of amides is 4. The zero-order valence-electron chi connectivity index (χ0n) is 75.0. The highest BCUT2D eigenvalue weighted by molar-refractivity contribution is 7.93. The molecule has 0 aliphatic carbocycles. The summed E-state index contributed by atoms with van der Waals surface area (Å²) in [5, 5.41) is 4.57. The van der Waals surface area contributed by atoms with Crippen molar-refractivity contribution >= 4 is 123 Å². The number of carbonyl (C=O) groups is 4. The van der Waals surface area contributed by atoms with Crippen molar-refractivity contribution in [3.8, 4) is 23.4 Å². The van der Waals surface area contributed by atoms with E-state index in [0.29, 0.717) is 211 Å². The molecule has 12 aromatic rings. The second-order valence-electron chi connectivity index (χ2n) is 33.0. The summed E-state index contributed by atoms with van der Waals surface area (Å²) in [6.07, 6.45) is -1.13. The number of fused-ring (bicyclic) bond motifs is 4. The summed E-state index contributed by atoms with van der Waals surface area (Å²) in [5.41, 5.74) is 4.58. The topological polar surface area (TPSA) is 400 Å². The zero-order chi connectivity index (χ0) is 93.9. The highest BCUT2D eigenvalue weighted by Crippen LogP contribution is 2.34. The predicted octanol–water partition coefficient (Wildman–Crippen LogP) is 9.75. The lowest BCUT2D eigenvalue weighted by Crippen LogP contribution is -2.49. The van der Waals surface area contributed by atoms with Gasteiger partial charge in [-0.05, 0) is 142 Å². The summed E-state index contributed by atoms with van der Waals surface area (Å²) in [6, 6.07) is 35.4. The third-order valence-corrected chi connectivity index (χ3v) is 26.7. The van der Waals surface area contributed by atoms with Gasteiger partial charge in [0.05, 0.1) is 71.4 Å². The van der Waals surface area contributed by atoms with Crippen LogP contribution in [0.3, 0.4) is 0 Å². The van der Waals surface area contributed by atoms with Crippen LogP contribution in [-0.4, -0.2) is 274 Å². The van der Waals surface area contributed by atoms with Gasteiger partial charge in [0.25, 0.3) is 6.43 Å². The van der Waals surface area contributed by atoms with Crippen LogP contribution in [0.25, 0.3) is 55.9 Å². The Labute approximate surface area is 764 Å². The summed E-state index contributed by atoms with van der Waals surface area (Å²) in [4.78, 5) is 128. The maximum atomic E-state index is 15.9. The first-order chi connectivity index (χ1) is 63.9. The van der Waals surface area contributed by atoms with Crippen molar-refractivity contribution in [3.63, 3.8) is 0 Å². The van der Waals surface area contributed by atoms with Crippen molar-refractivity contribution in [2.75, 3.05) is 193 Å². The average Bonchev–Trinajstić information content (AvgIpc) is 1.69. The number of para-hydroxylation sites is 4. The molecule has 4 amide bonds. The number of morpholine rings is 2. The van der Waals surface area contributed by atoms with Gasteiger partial charge in [-0.25, -0.2) is 59.2 Å². The Hall–Kier alpha value is -13.5. The van der Waals surface area contributed by atoms with Gasteiger partial charge >= 0.3 is 23.4 Å². The molecule has 16 rings (SSSR count). The van der Waals surface area contributed by atoms with Crippen LogP contribution < -0.4 is 54.7 Å². The minimum absolute atomic E-state index is 0.0537. The number of aryl methyl sites for hydroxylation is 3. The second kappa shape index (κ2) is 41.6. The van der Waals surface area contributed by atoms with E-state index < -0.39 is 67.3 Å². The predicted molar refractivity (Wildman–Crippen MR) is 495 cm³/mol. The Bertz CT molecular complexity index is 6670. The highest BCUT2D eigenvalue weighted by Gasteiger charge is 2.33. The fourth-order valence-corrected chi connectivity index (χ4v) is 18.3. The van der Waals surface area contributed by atoms with Gasteiger partial charge in [-0.1, -0.05) is 55.0 Å². The van der Waals surface area contributed by atoms with Crippen LogP contribution in [0, 0.1) is 26.6 Å². The molecule has 4 saturated heterocycles. The molecule has 0 bridgehead atoms. The number of alkyl halides is 2. The highest BCUT2D eigenvalue weighted by atomic mass is 32.2. The smallest absolute Gasteiger partial charge is 0.414 e. The molecule has 0 spiro atoms. The summed E-state index contributed by atoms with van der Waals surface area (Å²) in [7, 11) is -0.102. The average molecular weight is 1870 g/mol. The molecule has 6 aromatic heterocycles. The molecule has 0 unspecified atom stereocenters. The number of ether oxygens (including phenoxy) is 4. The zero-order valence-corrected chi connectivity index (χ0v) is 76.6. The van der Waals surface area contributed by atoms with Crippen LogP contribution in [0.4, 0.5) is 57.9 Å². The van der Waals surface area contributed by atoms with Gasteiger partial charge in [0.15, 0.2) is 11.6 Å². The Morgan fingerprint density at radius 2 is 0.962 bits per heavy atom. The number of hydrogen-bond donors (Lipinski definition) is 2. The molecule has 2 N–H and O–H groups in total. The van der Waals surface area contributed by atoms with Crippen LogP contribution in [0.15, 0.2) is 146 Å². The number of carbonyl (C=O) groups excluding carboxylic acids is 4. The van der Waals surface area contributed by atoms with Crippen LogP contribution >= 0.6 is 0 Å². The number of nitrogens with one attached hydrogen (secondary N) is 2. The monoisotopic (exact) mass is 1870 g/mol. The third kappa shape index (κ3) is 22.3. The Kier molecular flexibility index (Phi) is 29.4. The Balaban J connectivity index is 0.000000205. The first-order valence-corrected chi connectivity index (χ1v) is 47.1. The van der Waals surface area contributed by atoms with Gasteiger partial charge in [0.2, 0.25) is 67.6 Å². The lowest BCUT2D eigenvalue weighted by molar-refractivity contribution is -0.132. The summed E-state index contributed by atoms with van der Waals surface area (Å²) in [6.45, 7) is 14.2. The standard InChI is InChI=1S/C49H59F2N11O8S.C42H45FN10O8S/c1-33-37-18-17-36(69-49(65)57(2)3)32-41(37)70-45(64)38(33)31-34-12-10-13-35(30-34)58(4)71(66,67)29-11-20-52-19-9-5-6-16-42(63)59-21-23-60(24-22-59)46-54-47(61-25-27-68-28-26-61)56-48(55-46)62-40-15-8-7-14-39(40)53-44(62)43(50)51;1-26-30-13-12-29(60-42(56)49(3)4)25-35(30)61-38(55)31(26)24-28-8-7-10-33(37(28)43)48-62(57,58)23-14-36(54)50-15-17-51(18-16-50)39-45-40(52-19-21-59-22-20-52)47-41(46-39)53-27(2)44-32-9-5-6-11-34(32)53/h7-8,10,12-15,17-18,30,32,43,52H,5-6,9,11,16,19-29,31H2,1-4H3;5-13,25,48H,14-24H2,1-4H3. The quantitative estimate of drug-likeness (QED) is 0.0312. The van der Waals surface area contributed by atoms with Crippen LogP contribution in [0.1, 0.15) is 90.0 Å². The van der Waals surface area contributed by atoms with E-state index in [1.807, 2.05) is 68.3 Å². The first kappa shape index (κ1) is 94.2. The van der Waals surface area contributed by atoms with Gasteiger partial charge < -0.3 is 72.3 Å². The van der Waals surface area contributed by atoms with Crippen molar-refractivity contribution < 1.29 is 77.0 Å². The number of halogens is 3. The number of nitrogens with zero attached hydrogens (tertiary/aromatic N) is 19. The van der Waals surface area contributed by atoms with Gasteiger partial charge in [0.1, 0.15) is 28.5 Å². The van der Waals surface area contributed by atoms with E-state index in [-0.39, 0.29) is 82.3 Å². The summed E-state index contributed by atoms with van der Waals surface area (Å²) < 4.78 is 137. The van der Waals surface area contributed by atoms with Crippen molar-refractivity contribution in [2.24, 2.45) is 0 Å². The van der Waals surface area contributed by atoms with Gasteiger partial charge in [-0.2, -0.15) is 29.9 Å². The molecule has 4 aliphatic rings. The van der Waals surface area contributed by atoms with E-state index in [2.05, 4.69) is 24.9 Å². The Morgan fingerprint density at radius 3 is 1.50 bits per heavy atom. The van der Waals surface area contributed by atoms with Crippen molar-refractivity contribution in [2.45, 2.75) is 78.6 Å². The minimum atomic E-state index is -4.17. The number of aromatic nitrogens is 10. The molecule has 37 nitrogen and oxygen atoms in total. The Morgan fingerprint density at radius 1 is 0.489 bits per heavy atom. The van der Waals surface area contributed by atoms with E-state index >= 15 is 4.39 Å². The largest absolute Gasteiger partial charge is 0.422 e. The fraction of sp³-hybridized carbons (Fsp3) is 0.407. The second-order valence-corrected chi connectivity index (χ2v) is 36.9. The molecule has 10 heterocycles. The van der Waals surface area contributed by atoms with E-state index in [9.17, 15) is 54.4 Å². The van der Waals surface area contributed by atoms with Crippen LogP contribution in [0.5, 0.6) is 11.5 Å². The number of rotatable bonds is 30. The third-order valence-electron chi connectivity index (χ3n) is 23.6. The minimum Gasteiger partial charge on any atom is -0.422 e. The number of sulfonamides is 2. The number of hydrogen-bond acceptors (Lipinski definition) is 29. The molecule has 4 aliphatic heterocycles. The van der Waals surface area contributed by atoms with E-state index in [1.165, 1.54) is 70.1 Å². The molecule has 0 saturated carbocycles. The van der Waals surface area contributed by atoms with E-state index in [0.717, 1.165) is 35.3 Å². The van der Waals surface area contributed by atoms with Gasteiger partial charge in [-0.3, -0.25) is 27.8 Å². The first-order valence-electron chi connectivity index (χ1n) is 43.8. The molecule has 0 atom stereocenters. The van der Waals surface area contributed by atoms with Crippen molar-refractivity contribution in [3.05, 3.63) is 199 Å². The SMILES string of the molecule is Cc1c(Cc2cccc(N(C)S(=O)(=O)CCCNCCCCCC(=O)N3CCN(c4nc(N5CCOCC5)nc(-n5c(C(F)F)nc6ccccc65)n4)CC3)c2)c(=O)oc2cc(OC(=O)N(C)C)ccc12.Cc1c(Cc2cccc(NS(=O)(=O)CCC(=O)N3CCN(c4nc(N5CCOCC5)nc(-n5c(C)nc6ccccc65)n4)CC3)c2F)c(=O)oc2cc(OC(=O)N(C)C)ccc12. The molecule has 0 radical (unpaired) electrons. The van der Waals surface area contributed by atoms with Gasteiger partial charge in [0, 0.05) is 173 Å². The fourth-order valence-electron chi connectivity index (χ4n) is 16.1. The lowest BCUT2D eigenvalue weighted by atomic mass is 9.99. The number of unbranched alkanes of at least 4 members (excludes halogenated alkanes) is 2. The van der Waals surface area contributed by atoms with E-state index in [4.69, 9.17) is 57.7 Å². The normalized spacial score (nSPS) is 14.6. The molecule has 133 heavy (non-hydrogen) atoms. The van der Waals surface area contributed by atoms with Crippen LogP contribution in [0.2, 0.25) is 0 Å².